The summed E-state index contributed by atoms with van der Waals surface area (Å²) >= 11 is 0. The molecule has 2 aromatic carbocycles. The average Bonchev–Trinajstić information content (AvgIpc) is 2.39. The Labute approximate surface area is 123 Å². The van der Waals surface area contributed by atoms with Crippen LogP contribution < -0.4 is 5.73 Å². The molecule has 0 unspecified atom stereocenters. The summed E-state index contributed by atoms with van der Waals surface area (Å²) in [6, 6.07) is 9.78. The zero-order chi connectivity index (χ0) is 15.6. The molecular formula is C17H18FNO2. The zero-order valence-electron chi connectivity index (χ0n) is 12.1. The maximum atomic E-state index is 13.9. The van der Waals surface area contributed by atoms with Crippen LogP contribution >= 0.6 is 0 Å². The minimum Gasteiger partial charge on any atom is -0.481 e. The highest BCUT2D eigenvalue weighted by Gasteiger charge is 2.16. The van der Waals surface area contributed by atoms with Crippen molar-refractivity contribution in [2.24, 2.45) is 5.73 Å². The quantitative estimate of drug-likeness (QED) is 0.903. The predicted octanol–water partition coefficient (Wildman–Crippen LogP) is 3.58. The van der Waals surface area contributed by atoms with Crippen molar-refractivity contribution < 1.29 is 14.3 Å². The highest BCUT2D eigenvalue weighted by Crippen LogP contribution is 2.30. The molecule has 0 bridgehead atoms. The van der Waals surface area contributed by atoms with E-state index < -0.39 is 17.8 Å². The van der Waals surface area contributed by atoms with Crippen LogP contribution in [0.15, 0.2) is 36.4 Å². The van der Waals surface area contributed by atoms with E-state index in [9.17, 15) is 9.18 Å². The summed E-state index contributed by atoms with van der Waals surface area (Å²) in [6.07, 6.45) is -0.298. The number of carboxylic acids is 1. The lowest BCUT2D eigenvalue weighted by atomic mass is 9.92. The number of nitrogens with two attached hydrogens (primary N) is 1. The van der Waals surface area contributed by atoms with Gasteiger partial charge < -0.3 is 10.8 Å². The molecule has 0 aliphatic carbocycles. The van der Waals surface area contributed by atoms with E-state index in [1.165, 1.54) is 6.07 Å². The molecule has 1 atom stereocenters. The van der Waals surface area contributed by atoms with Crippen molar-refractivity contribution in [3.63, 3.8) is 0 Å². The summed E-state index contributed by atoms with van der Waals surface area (Å²) in [4.78, 5) is 10.8. The summed E-state index contributed by atoms with van der Waals surface area (Å²) in [7, 11) is 0. The molecule has 0 aliphatic rings. The number of carbonyl (C=O) groups is 1. The molecule has 21 heavy (non-hydrogen) atoms. The molecule has 0 saturated heterocycles. The lowest BCUT2D eigenvalue weighted by Gasteiger charge is -2.15. The van der Waals surface area contributed by atoms with Crippen LogP contribution in [0.3, 0.4) is 0 Å². The number of hydrogen-bond acceptors (Lipinski definition) is 2. The molecule has 2 rings (SSSR count). The molecule has 2 aromatic rings. The summed E-state index contributed by atoms with van der Waals surface area (Å²) < 4.78 is 13.9. The minimum atomic E-state index is -1.04. The third-order valence-electron chi connectivity index (χ3n) is 3.56. The van der Waals surface area contributed by atoms with Gasteiger partial charge in [-0.2, -0.15) is 0 Å². The van der Waals surface area contributed by atoms with E-state index in [4.69, 9.17) is 10.8 Å². The maximum absolute atomic E-state index is 13.9. The first-order valence-corrected chi connectivity index (χ1v) is 6.73. The molecule has 110 valence electrons. The Morgan fingerprint density at radius 3 is 2.43 bits per heavy atom. The van der Waals surface area contributed by atoms with Crippen molar-refractivity contribution in [3.8, 4) is 11.1 Å². The molecule has 0 aromatic heterocycles. The van der Waals surface area contributed by atoms with E-state index in [0.717, 1.165) is 22.3 Å². The Morgan fingerprint density at radius 1 is 1.24 bits per heavy atom. The third kappa shape index (κ3) is 3.28. The van der Waals surface area contributed by atoms with E-state index in [1.807, 2.05) is 32.0 Å². The molecule has 0 heterocycles. The summed E-state index contributed by atoms with van der Waals surface area (Å²) in [5.41, 5.74) is 10.1. The molecule has 4 heteroatoms. The number of hydrogen-bond donors (Lipinski definition) is 2. The third-order valence-corrected chi connectivity index (χ3v) is 3.56. The number of halogens is 1. The van der Waals surface area contributed by atoms with Crippen molar-refractivity contribution in [2.45, 2.75) is 26.3 Å². The van der Waals surface area contributed by atoms with Gasteiger partial charge >= 0.3 is 5.97 Å². The van der Waals surface area contributed by atoms with Gasteiger partial charge in [-0.05, 0) is 48.2 Å². The second-order valence-corrected chi connectivity index (χ2v) is 5.21. The first-order valence-electron chi connectivity index (χ1n) is 6.73. The molecule has 3 N–H and O–H groups in total. The molecule has 0 fully saturated rings. The molecule has 0 amide bonds. The Balaban J connectivity index is 2.50. The van der Waals surface area contributed by atoms with Crippen molar-refractivity contribution >= 4 is 5.97 Å². The van der Waals surface area contributed by atoms with E-state index in [1.54, 1.807) is 12.1 Å². The van der Waals surface area contributed by atoms with Crippen LogP contribution in [-0.4, -0.2) is 11.1 Å². The first-order chi connectivity index (χ1) is 9.90. The molecule has 0 radical (unpaired) electrons. The van der Waals surface area contributed by atoms with Gasteiger partial charge in [0.15, 0.2) is 0 Å². The van der Waals surface area contributed by atoms with Gasteiger partial charge in [0.2, 0.25) is 0 Å². The van der Waals surface area contributed by atoms with Gasteiger partial charge in [0.1, 0.15) is 5.82 Å². The molecule has 0 spiro atoms. The average molecular weight is 287 g/mol. The van der Waals surface area contributed by atoms with Crippen molar-refractivity contribution in [3.05, 3.63) is 58.9 Å². The van der Waals surface area contributed by atoms with Gasteiger partial charge in [-0.25, -0.2) is 4.39 Å². The lowest BCUT2D eigenvalue weighted by molar-refractivity contribution is -0.137. The van der Waals surface area contributed by atoms with Crippen LogP contribution in [0.4, 0.5) is 4.39 Å². The smallest absolute Gasteiger partial charge is 0.305 e. The molecule has 3 nitrogen and oxygen atoms in total. The fraction of sp³-hybridized carbons (Fsp3) is 0.235. The van der Waals surface area contributed by atoms with Crippen molar-refractivity contribution in [2.75, 3.05) is 0 Å². The van der Waals surface area contributed by atoms with Crippen LogP contribution in [0.25, 0.3) is 11.1 Å². The van der Waals surface area contributed by atoms with Gasteiger partial charge in [-0.3, -0.25) is 4.79 Å². The number of aryl methyl sites for hydroxylation is 2. The van der Waals surface area contributed by atoms with Gasteiger partial charge in [-0.15, -0.1) is 0 Å². The Hall–Kier alpha value is -2.20. The van der Waals surface area contributed by atoms with Crippen LogP contribution in [0.1, 0.15) is 29.2 Å². The van der Waals surface area contributed by atoms with E-state index in [-0.39, 0.29) is 12.0 Å². The molecule has 0 aliphatic heterocycles. The van der Waals surface area contributed by atoms with Gasteiger partial charge in [0.25, 0.3) is 0 Å². The highest BCUT2D eigenvalue weighted by atomic mass is 19.1. The Morgan fingerprint density at radius 2 is 1.86 bits per heavy atom. The first kappa shape index (κ1) is 15.2. The minimum absolute atomic E-state index is 0.234. The van der Waals surface area contributed by atoms with Crippen LogP contribution in [-0.2, 0) is 4.79 Å². The molecule has 0 saturated carbocycles. The standard InChI is InChI=1S/C17H18FNO2/c1-10-4-3-5-11(2)17(10)12-6-7-14(18)13(8-12)15(19)9-16(20)21/h3-8,15H,9,19H2,1-2H3,(H,20,21)/t15-/m0/s1. The number of benzene rings is 2. The number of aliphatic carboxylic acids is 1. The second kappa shape index (κ2) is 6.06. The fourth-order valence-electron chi connectivity index (χ4n) is 2.55. The Bertz CT molecular complexity index is 662. The van der Waals surface area contributed by atoms with Crippen LogP contribution in [0.5, 0.6) is 0 Å². The predicted molar refractivity (Wildman–Crippen MR) is 80.5 cm³/mol. The van der Waals surface area contributed by atoms with Crippen molar-refractivity contribution in [1.82, 2.24) is 0 Å². The number of rotatable bonds is 4. The van der Waals surface area contributed by atoms with E-state index in [0.29, 0.717) is 0 Å². The second-order valence-electron chi connectivity index (χ2n) is 5.21. The molecular weight excluding hydrogens is 269 g/mol. The van der Waals surface area contributed by atoms with Gasteiger partial charge in [0, 0.05) is 11.6 Å². The summed E-state index contributed by atoms with van der Waals surface area (Å²) in [6.45, 7) is 3.98. The summed E-state index contributed by atoms with van der Waals surface area (Å²) in [5.74, 6) is -1.52. The largest absolute Gasteiger partial charge is 0.481 e. The normalized spacial score (nSPS) is 12.2. The Kier molecular flexibility index (Phi) is 4.38. The fourth-order valence-corrected chi connectivity index (χ4v) is 2.55. The SMILES string of the molecule is Cc1cccc(C)c1-c1ccc(F)c([C@@H](N)CC(=O)O)c1. The van der Waals surface area contributed by atoms with Crippen LogP contribution in [0, 0.1) is 19.7 Å². The van der Waals surface area contributed by atoms with Gasteiger partial charge in [0.05, 0.1) is 6.42 Å². The van der Waals surface area contributed by atoms with Crippen molar-refractivity contribution in [1.29, 1.82) is 0 Å². The van der Waals surface area contributed by atoms with Gasteiger partial charge in [-0.1, -0.05) is 24.3 Å². The number of carboxylic acid groups (broad SMARTS) is 1. The maximum Gasteiger partial charge on any atom is 0.305 e. The monoisotopic (exact) mass is 287 g/mol. The van der Waals surface area contributed by atoms with E-state index >= 15 is 0 Å². The summed E-state index contributed by atoms with van der Waals surface area (Å²) in [5, 5.41) is 8.81. The topological polar surface area (TPSA) is 63.3 Å². The zero-order valence-corrected chi connectivity index (χ0v) is 12.1. The van der Waals surface area contributed by atoms with Crippen LogP contribution in [0.2, 0.25) is 0 Å². The van der Waals surface area contributed by atoms with E-state index in [2.05, 4.69) is 0 Å². The lowest BCUT2D eigenvalue weighted by Crippen LogP contribution is -2.16. The highest BCUT2D eigenvalue weighted by molar-refractivity contribution is 5.72.